The van der Waals surface area contributed by atoms with Crippen LogP contribution in [-0.2, 0) is 4.79 Å². The van der Waals surface area contributed by atoms with Gasteiger partial charge in [0, 0.05) is 5.92 Å². The van der Waals surface area contributed by atoms with Crippen molar-refractivity contribution in [2.45, 2.75) is 53.4 Å². The topological polar surface area (TPSA) is 43.1 Å². The smallest absolute Gasteiger partial charge is 0.220 e. The first-order valence-corrected chi connectivity index (χ1v) is 5.72. The number of amides is 1. The van der Waals surface area contributed by atoms with E-state index in [1.54, 1.807) is 0 Å². The Balaban J connectivity index is 3.80. The molecular formula is C12H25NO. The summed E-state index contributed by atoms with van der Waals surface area (Å²) >= 11 is 0. The van der Waals surface area contributed by atoms with Crippen molar-refractivity contribution < 1.29 is 4.79 Å². The van der Waals surface area contributed by atoms with Crippen molar-refractivity contribution in [3.63, 3.8) is 0 Å². The lowest BCUT2D eigenvalue weighted by atomic mass is 9.90. The Kier molecular flexibility index (Phi) is 6.60. The van der Waals surface area contributed by atoms with Crippen LogP contribution in [0.2, 0.25) is 0 Å². The minimum atomic E-state index is -0.123. The summed E-state index contributed by atoms with van der Waals surface area (Å²) in [4.78, 5) is 11.1. The number of hydrogen-bond acceptors (Lipinski definition) is 1. The molecule has 0 aliphatic rings. The molecule has 0 aromatic heterocycles. The molecule has 14 heavy (non-hydrogen) atoms. The van der Waals surface area contributed by atoms with Gasteiger partial charge in [-0.15, -0.1) is 0 Å². The van der Waals surface area contributed by atoms with E-state index in [4.69, 9.17) is 5.73 Å². The summed E-state index contributed by atoms with van der Waals surface area (Å²) in [6.07, 6.45) is 4.22. The first kappa shape index (κ1) is 13.5. The fourth-order valence-electron chi connectivity index (χ4n) is 1.72. The van der Waals surface area contributed by atoms with Crippen LogP contribution in [0.4, 0.5) is 0 Å². The minimum Gasteiger partial charge on any atom is -0.369 e. The molecule has 0 aliphatic carbocycles. The van der Waals surface area contributed by atoms with Gasteiger partial charge in [0.15, 0.2) is 0 Å². The highest BCUT2D eigenvalue weighted by molar-refractivity contribution is 5.76. The molecule has 0 aromatic carbocycles. The Labute approximate surface area is 88.3 Å². The van der Waals surface area contributed by atoms with Crippen molar-refractivity contribution in [2.24, 2.45) is 23.5 Å². The lowest BCUT2D eigenvalue weighted by Crippen LogP contribution is -2.24. The second kappa shape index (κ2) is 6.86. The largest absolute Gasteiger partial charge is 0.369 e. The lowest BCUT2D eigenvalue weighted by molar-refractivity contribution is -0.122. The predicted molar refractivity (Wildman–Crippen MR) is 60.8 cm³/mol. The molecule has 0 fully saturated rings. The molecule has 0 heterocycles. The maximum Gasteiger partial charge on any atom is 0.220 e. The van der Waals surface area contributed by atoms with Crippen LogP contribution in [-0.4, -0.2) is 5.91 Å². The van der Waals surface area contributed by atoms with Gasteiger partial charge in [-0.2, -0.15) is 0 Å². The Bertz CT molecular complexity index is 164. The van der Waals surface area contributed by atoms with Gasteiger partial charge >= 0.3 is 0 Å². The Morgan fingerprint density at radius 2 is 1.64 bits per heavy atom. The number of primary amides is 1. The summed E-state index contributed by atoms with van der Waals surface area (Å²) in [6, 6.07) is 0. The van der Waals surface area contributed by atoms with E-state index in [0.29, 0.717) is 5.92 Å². The van der Waals surface area contributed by atoms with Gasteiger partial charge in [0.05, 0.1) is 0 Å². The van der Waals surface area contributed by atoms with Crippen molar-refractivity contribution in [1.82, 2.24) is 0 Å². The molecule has 0 rings (SSSR count). The molecule has 0 saturated carbocycles. The maximum absolute atomic E-state index is 11.1. The van der Waals surface area contributed by atoms with Crippen LogP contribution in [0, 0.1) is 17.8 Å². The molecule has 2 heteroatoms. The average molecular weight is 199 g/mol. The number of nitrogens with two attached hydrogens (primary N) is 1. The first-order chi connectivity index (χ1) is 6.43. The summed E-state index contributed by atoms with van der Waals surface area (Å²) in [5, 5.41) is 0. The summed E-state index contributed by atoms with van der Waals surface area (Å²) in [6.45, 7) is 8.69. The van der Waals surface area contributed by atoms with Crippen molar-refractivity contribution in [3.05, 3.63) is 0 Å². The Hall–Kier alpha value is -0.530. The molecule has 1 amide bonds. The molecule has 0 spiro atoms. The molecule has 84 valence electrons. The zero-order valence-corrected chi connectivity index (χ0v) is 10.0. The van der Waals surface area contributed by atoms with E-state index in [1.165, 1.54) is 6.42 Å². The van der Waals surface area contributed by atoms with E-state index in [-0.39, 0.29) is 11.8 Å². The minimum absolute atomic E-state index is 0.0914. The molecule has 0 radical (unpaired) electrons. The van der Waals surface area contributed by atoms with E-state index >= 15 is 0 Å². The van der Waals surface area contributed by atoms with E-state index in [0.717, 1.165) is 25.2 Å². The van der Waals surface area contributed by atoms with E-state index < -0.39 is 0 Å². The summed E-state index contributed by atoms with van der Waals surface area (Å²) < 4.78 is 0. The van der Waals surface area contributed by atoms with E-state index in [2.05, 4.69) is 27.7 Å². The third-order valence-electron chi connectivity index (χ3n) is 2.49. The van der Waals surface area contributed by atoms with Gasteiger partial charge in [-0.25, -0.2) is 0 Å². The van der Waals surface area contributed by atoms with Crippen LogP contribution in [0.1, 0.15) is 53.4 Å². The standard InChI is InChI=1S/C12H25NO/c1-9(2)6-5-7-11(12(13)14)8-10(3)4/h9-11H,5-8H2,1-4H3,(H2,13,14). The monoisotopic (exact) mass is 199 g/mol. The summed E-state index contributed by atoms with van der Waals surface area (Å²) in [5.74, 6) is 1.25. The van der Waals surface area contributed by atoms with Crippen LogP contribution >= 0.6 is 0 Å². The van der Waals surface area contributed by atoms with Crippen molar-refractivity contribution in [3.8, 4) is 0 Å². The fourth-order valence-corrected chi connectivity index (χ4v) is 1.72. The van der Waals surface area contributed by atoms with Gasteiger partial charge in [0.2, 0.25) is 5.91 Å². The second-order valence-corrected chi connectivity index (χ2v) is 5.05. The summed E-state index contributed by atoms with van der Waals surface area (Å²) in [5.41, 5.74) is 5.36. The van der Waals surface area contributed by atoms with Gasteiger partial charge in [-0.1, -0.05) is 40.5 Å². The molecule has 1 unspecified atom stereocenters. The summed E-state index contributed by atoms with van der Waals surface area (Å²) in [7, 11) is 0. The number of carbonyl (C=O) groups excluding carboxylic acids is 1. The SMILES string of the molecule is CC(C)CCCC(CC(C)C)C(N)=O. The molecule has 0 aliphatic heterocycles. The quantitative estimate of drug-likeness (QED) is 0.673. The molecule has 2 nitrogen and oxygen atoms in total. The van der Waals surface area contributed by atoms with E-state index in [1.807, 2.05) is 0 Å². The molecule has 0 aromatic rings. The third kappa shape index (κ3) is 6.93. The maximum atomic E-state index is 11.1. The molecular weight excluding hydrogens is 174 g/mol. The van der Waals surface area contributed by atoms with Crippen LogP contribution in [0.25, 0.3) is 0 Å². The van der Waals surface area contributed by atoms with Gasteiger partial charge < -0.3 is 5.73 Å². The zero-order valence-electron chi connectivity index (χ0n) is 10.0. The van der Waals surface area contributed by atoms with Crippen molar-refractivity contribution >= 4 is 5.91 Å². The predicted octanol–water partition coefficient (Wildman–Crippen LogP) is 2.96. The number of hydrogen-bond donors (Lipinski definition) is 1. The third-order valence-corrected chi connectivity index (χ3v) is 2.49. The first-order valence-electron chi connectivity index (χ1n) is 5.72. The van der Waals surface area contributed by atoms with Gasteiger partial charge in [-0.05, 0) is 24.7 Å². The average Bonchev–Trinajstić information content (AvgIpc) is 2.00. The van der Waals surface area contributed by atoms with Gasteiger partial charge in [0.25, 0.3) is 0 Å². The normalized spacial score (nSPS) is 13.6. The fraction of sp³-hybridized carbons (Fsp3) is 0.917. The second-order valence-electron chi connectivity index (χ2n) is 5.05. The zero-order chi connectivity index (χ0) is 11.1. The van der Waals surface area contributed by atoms with Crippen LogP contribution < -0.4 is 5.73 Å². The number of carbonyl (C=O) groups is 1. The molecule has 2 N–H and O–H groups in total. The van der Waals surface area contributed by atoms with Crippen molar-refractivity contribution in [2.75, 3.05) is 0 Å². The van der Waals surface area contributed by atoms with Gasteiger partial charge in [0.1, 0.15) is 0 Å². The molecule has 0 saturated heterocycles. The molecule has 0 bridgehead atoms. The van der Waals surface area contributed by atoms with Crippen LogP contribution in [0.3, 0.4) is 0 Å². The highest BCUT2D eigenvalue weighted by atomic mass is 16.1. The van der Waals surface area contributed by atoms with Crippen molar-refractivity contribution in [1.29, 1.82) is 0 Å². The molecule has 1 atom stereocenters. The van der Waals surface area contributed by atoms with E-state index in [9.17, 15) is 4.79 Å². The van der Waals surface area contributed by atoms with Crippen LogP contribution in [0.15, 0.2) is 0 Å². The Morgan fingerprint density at radius 1 is 1.07 bits per heavy atom. The highest BCUT2D eigenvalue weighted by Crippen LogP contribution is 2.19. The Morgan fingerprint density at radius 3 is 2.00 bits per heavy atom. The highest BCUT2D eigenvalue weighted by Gasteiger charge is 2.16. The number of rotatable bonds is 7. The van der Waals surface area contributed by atoms with Crippen LogP contribution in [0.5, 0.6) is 0 Å². The van der Waals surface area contributed by atoms with Gasteiger partial charge in [-0.3, -0.25) is 4.79 Å². The lowest BCUT2D eigenvalue weighted by Gasteiger charge is -2.15.